The summed E-state index contributed by atoms with van der Waals surface area (Å²) in [6.07, 6.45) is -4.25. The molecule has 0 radical (unpaired) electrons. The van der Waals surface area contributed by atoms with Crippen molar-refractivity contribution in [1.82, 2.24) is 19.1 Å². The van der Waals surface area contributed by atoms with Gasteiger partial charge in [-0.2, -0.15) is 21.6 Å². The van der Waals surface area contributed by atoms with Gasteiger partial charge in [-0.15, -0.1) is 0 Å². The number of benzene rings is 1. The van der Waals surface area contributed by atoms with Crippen LogP contribution in [0.25, 0.3) is 16.9 Å². The van der Waals surface area contributed by atoms with Crippen molar-refractivity contribution in [3.8, 4) is 17.0 Å². The third-order valence-corrected chi connectivity index (χ3v) is 6.38. The molecule has 4 aromatic rings. The number of ether oxygens (including phenoxy) is 1. The minimum atomic E-state index is -4.89. The zero-order chi connectivity index (χ0) is 27.8. The molecule has 4 rings (SSSR count). The summed E-state index contributed by atoms with van der Waals surface area (Å²) >= 11 is 0. The van der Waals surface area contributed by atoms with E-state index >= 15 is 0 Å². The zero-order valence-electron chi connectivity index (χ0n) is 20.0. The summed E-state index contributed by atoms with van der Waals surface area (Å²) < 4.78 is 88.6. The van der Waals surface area contributed by atoms with E-state index in [-0.39, 0.29) is 35.3 Å². The number of halogens is 4. The molecule has 3 N–H and O–H groups in total. The summed E-state index contributed by atoms with van der Waals surface area (Å²) in [7, 11) is -4.52. The standard InChI is InChI=1S/C24H21F4N5O4S/c1-13(2)12-37-16-9-14(8-15(25)10-16)18-7-6-17(22-30-19(11-33(18)22)24(26,27)28)23(34)32-38(35,36)21-5-3-4-20(29)31-21/h3-11,13H,12H2,1-2H3,(H2,29,31)(H,32,34). The number of nitrogens with two attached hydrogens (primary N) is 1. The van der Waals surface area contributed by atoms with Crippen molar-refractivity contribution in [3.63, 3.8) is 0 Å². The first-order valence-electron chi connectivity index (χ1n) is 11.1. The molecule has 38 heavy (non-hydrogen) atoms. The van der Waals surface area contributed by atoms with E-state index in [1.165, 1.54) is 24.3 Å². The average molecular weight is 552 g/mol. The van der Waals surface area contributed by atoms with Crippen LogP contribution in [0.2, 0.25) is 0 Å². The van der Waals surface area contributed by atoms with Crippen LogP contribution >= 0.6 is 0 Å². The maximum Gasteiger partial charge on any atom is 0.434 e. The quantitative estimate of drug-likeness (QED) is 0.328. The summed E-state index contributed by atoms with van der Waals surface area (Å²) in [5, 5.41) is -0.563. The molecular weight excluding hydrogens is 530 g/mol. The van der Waals surface area contributed by atoms with E-state index in [1.807, 2.05) is 13.8 Å². The summed E-state index contributed by atoms with van der Waals surface area (Å²) in [5.74, 6) is -1.80. The second kappa shape index (κ2) is 9.93. The highest BCUT2D eigenvalue weighted by Crippen LogP contribution is 2.33. The average Bonchev–Trinajstić information content (AvgIpc) is 3.27. The Balaban J connectivity index is 1.81. The Kier molecular flexibility index (Phi) is 7.02. The number of hydrogen-bond donors (Lipinski definition) is 2. The molecule has 0 bridgehead atoms. The number of amides is 1. The van der Waals surface area contributed by atoms with Crippen LogP contribution in [-0.4, -0.2) is 35.3 Å². The zero-order valence-corrected chi connectivity index (χ0v) is 20.8. The van der Waals surface area contributed by atoms with E-state index in [9.17, 15) is 30.8 Å². The van der Waals surface area contributed by atoms with Crippen molar-refractivity contribution in [3.05, 3.63) is 71.8 Å². The van der Waals surface area contributed by atoms with E-state index in [0.29, 0.717) is 6.20 Å². The lowest BCUT2D eigenvalue weighted by Crippen LogP contribution is -2.31. The Hall–Kier alpha value is -4.20. The molecule has 14 heteroatoms. The molecule has 0 unspecified atom stereocenters. The van der Waals surface area contributed by atoms with Gasteiger partial charge >= 0.3 is 6.18 Å². The monoisotopic (exact) mass is 551 g/mol. The van der Waals surface area contributed by atoms with Crippen LogP contribution in [0, 0.1) is 11.7 Å². The lowest BCUT2D eigenvalue weighted by molar-refractivity contribution is -0.140. The number of alkyl halides is 3. The SMILES string of the molecule is CC(C)COc1cc(F)cc(-c2ccc(C(=O)NS(=O)(=O)c3cccc(N)n3)c3nc(C(F)(F)F)cn23)c1. The lowest BCUT2D eigenvalue weighted by atomic mass is 10.1. The highest BCUT2D eigenvalue weighted by Gasteiger charge is 2.35. The fraction of sp³-hybridized carbons (Fsp3) is 0.208. The number of anilines is 1. The van der Waals surface area contributed by atoms with Crippen molar-refractivity contribution >= 4 is 27.4 Å². The number of imidazole rings is 1. The summed E-state index contributed by atoms with van der Waals surface area (Å²) in [5.41, 5.74) is 3.36. The molecule has 0 fully saturated rings. The molecule has 9 nitrogen and oxygen atoms in total. The molecule has 0 saturated heterocycles. The first kappa shape index (κ1) is 26.9. The highest BCUT2D eigenvalue weighted by molar-refractivity contribution is 7.90. The Morgan fingerprint density at radius 3 is 2.53 bits per heavy atom. The maximum absolute atomic E-state index is 14.4. The number of nitrogen functional groups attached to an aromatic ring is 1. The molecule has 3 aromatic heterocycles. The number of pyridine rings is 2. The number of fused-ring (bicyclic) bond motifs is 1. The van der Waals surface area contributed by atoms with E-state index in [2.05, 4.69) is 9.97 Å². The molecule has 0 saturated carbocycles. The molecule has 0 aliphatic rings. The van der Waals surface area contributed by atoms with Crippen LogP contribution in [0.3, 0.4) is 0 Å². The van der Waals surface area contributed by atoms with Gasteiger partial charge < -0.3 is 10.5 Å². The third-order valence-electron chi connectivity index (χ3n) is 5.15. The van der Waals surface area contributed by atoms with Crippen LogP contribution in [0.15, 0.2) is 59.8 Å². The largest absolute Gasteiger partial charge is 0.493 e. The molecular formula is C24H21F4N5O4S. The fourth-order valence-corrected chi connectivity index (χ4v) is 4.43. The number of hydrogen-bond acceptors (Lipinski definition) is 7. The van der Waals surface area contributed by atoms with Gasteiger partial charge in [-0.3, -0.25) is 9.20 Å². The number of aromatic nitrogens is 3. The number of nitrogens with zero attached hydrogens (tertiary/aromatic N) is 3. The van der Waals surface area contributed by atoms with Crippen molar-refractivity contribution in [2.45, 2.75) is 25.0 Å². The van der Waals surface area contributed by atoms with Crippen molar-refractivity contribution in [2.24, 2.45) is 5.92 Å². The van der Waals surface area contributed by atoms with Gasteiger partial charge in [-0.05, 0) is 42.3 Å². The van der Waals surface area contributed by atoms with E-state index < -0.39 is 49.9 Å². The first-order chi connectivity index (χ1) is 17.7. The van der Waals surface area contributed by atoms with Crippen molar-refractivity contribution in [1.29, 1.82) is 0 Å². The van der Waals surface area contributed by atoms with Crippen LogP contribution in [0.5, 0.6) is 5.75 Å². The number of carbonyl (C=O) groups excluding carboxylic acids is 1. The van der Waals surface area contributed by atoms with Gasteiger partial charge in [0.15, 0.2) is 16.4 Å². The van der Waals surface area contributed by atoms with Gasteiger partial charge in [-0.25, -0.2) is 19.1 Å². The molecule has 3 heterocycles. The predicted octanol–water partition coefficient (Wildman–Crippen LogP) is 4.29. The van der Waals surface area contributed by atoms with Crippen LogP contribution in [0.4, 0.5) is 23.4 Å². The Bertz CT molecular complexity index is 1630. The Labute approximate surface area is 214 Å². The Morgan fingerprint density at radius 2 is 1.87 bits per heavy atom. The molecule has 200 valence electrons. The summed E-state index contributed by atoms with van der Waals surface area (Å²) in [6.45, 7) is 4.05. The van der Waals surface area contributed by atoms with Gasteiger partial charge in [0.2, 0.25) is 0 Å². The number of sulfonamides is 1. The van der Waals surface area contributed by atoms with Gasteiger partial charge in [0.05, 0.1) is 17.9 Å². The number of rotatable bonds is 7. The van der Waals surface area contributed by atoms with Gasteiger partial charge in [0, 0.05) is 17.8 Å². The van der Waals surface area contributed by atoms with E-state index in [0.717, 1.165) is 28.7 Å². The topological polar surface area (TPSA) is 129 Å². The second-order valence-electron chi connectivity index (χ2n) is 8.67. The number of carbonyl (C=O) groups is 1. The molecule has 0 aliphatic heterocycles. The van der Waals surface area contributed by atoms with Gasteiger partial charge in [0.25, 0.3) is 15.9 Å². The minimum Gasteiger partial charge on any atom is -0.493 e. The fourth-order valence-electron chi connectivity index (χ4n) is 3.49. The van der Waals surface area contributed by atoms with Crippen LogP contribution < -0.4 is 15.2 Å². The van der Waals surface area contributed by atoms with Crippen LogP contribution in [-0.2, 0) is 16.2 Å². The molecule has 0 atom stereocenters. The second-order valence-corrected chi connectivity index (χ2v) is 10.3. The molecule has 1 aromatic carbocycles. The molecule has 0 spiro atoms. The van der Waals surface area contributed by atoms with Gasteiger partial charge in [-0.1, -0.05) is 19.9 Å². The molecule has 0 aliphatic carbocycles. The summed E-state index contributed by atoms with van der Waals surface area (Å²) in [4.78, 5) is 20.1. The summed E-state index contributed by atoms with van der Waals surface area (Å²) in [6, 6.07) is 9.71. The van der Waals surface area contributed by atoms with E-state index in [1.54, 1.807) is 4.72 Å². The number of nitrogens with one attached hydrogen (secondary N) is 1. The first-order valence-corrected chi connectivity index (χ1v) is 12.6. The smallest absolute Gasteiger partial charge is 0.434 e. The van der Waals surface area contributed by atoms with E-state index in [4.69, 9.17) is 10.5 Å². The normalized spacial score (nSPS) is 12.2. The Morgan fingerprint density at radius 1 is 1.13 bits per heavy atom. The highest BCUT2D eigenvalue weighted by atomic mass is 32.2. The lowest BCUT2D eigenvalue weighted by Gasteiger charge is -2.13. The van der Waals surface area contributed by atoms with Crippen molar-refractivity contribution < 1.29 is 35.5 Å². The molecule has 1 amide bonds. The maximum atomic E-state index is 14.4. The van der Waals surface area contributed by atoms with Crippen molar-refractivity contribution in [2.75, 3.05) is 12.3 Å². The van der Waals surface area contributed by atoms with Crippen LogP contribution in [0.1, 0.15) is 29.9 Å². The minimum absolute atomic E-state index is 0.0498. The third kappa shape index (κ3) is 5.69. The van der Waals surface area contributed by atoms with Gasteiger partial charge in [0.1, 0.15) is 17.4 Å². The predicted molar refractivity (Wildman–Crippen MR) is 129 cm³/mol.